The van der Waals surface area contributed by atoms with E-state index in [1.807, 2.05) is 0 Å². The maximum Gasteiger partial charge on any atom is 0.0275 e. The third-order valence-corrected chi connectivity index (χ3v) is 5.25. The molecule has 0 aliphatic heterocycles. The van der Waals surface area contributed by atoms with Gasteiger partial charge in [0.1, 0.15) is 0 Å². The highest BCUT2D eigenvalue weighted by molar-refractivity contribution is 9.11. The average Bonchev–Trinajstić information content (AvgIpc) is 2.77. The van der Waals surface area contributed by atoms with Crippen LogP contribution in [0, 0.1) is 5.41 Å². The predicted octanol–water partition coefficient (Wildman–Crippen LogP) is 5.43. The summed E-state index contributed by atoms with van der Waals surface area (Å²) in [6.45, 7) is 4.55. The molecule has 0 aromatic heterocycles. The Kier molecular flexibility index (Phi) is 2.82. The van der Waals surface area contributed by atoms with Crippen LogP contribution in [0.4, 0.5) is 0 Å². The Labute approximate surface area is 117 Å². The van der Waals surface area contributed by atoms with Gasteiger partial charge in [-0.25, -0.2) is 0 Å². The van der Waals surface area contributed by atoms with Crippen LogP contribution in [0.3, 0.4) is 0 Å². The van der Waals surface area contributed by atoms with Gasteiger partial charge in [0.05, 0.1) is 0 Å². The lowest BCUT2D eigenvalue weighted by Gasteiger charge is -2.29. The summed E-state index contributed by atoms with van der Waals surface area (Å²) >= 11 is 3.73. The van der Waals surface area contributed by atoms with E-state index >= 15 is 0 Å². The minimum absolute atomic E-state index is 0.241. The third-order valence-electron chi connectivity index (χ3n) is 3.95. The molecule has 2 aliphatic rings. The molecule has 18 heavy (non-hydrogen) atoms. The van der Waals surface area contributed by atoms with Crippen LogP contribution in [-0.4, -0.2) is 0 Å². The van der Waals surface area contributed by atoms with Crippen molar-refractivity contribution in [3.8, 4) is 0 Å². The van der Waals surface area contributed by atoms with Gasteiger partial charge < -0.3 is 0 Å². The minimum Gasteiger partial charge on any atom is -0.0795 e. The van der Waals surface area contributed by atoms with Crippen molar-refractivity contribution in [2.24, 2.45) is 5.41 Å². The Balaban J connectivity index is 1.96. The lowest BCUT2D eigenvalue weighted by molar-refractivity contribution is 0.473. The highest BCUT2D eigenvalue weighted by Crippen LogP contribution is 2.44. The molecule has 3 rings (SSSR count). The van der Waals surface area contributed by atoms with Gasteiger partial charge in [-0.05, 0) is 34.6 Å². The fraction of sp³-hybridized carbons (Fsp3) is 0.294. The van der Waals surface area contributed by atoms with E-state index in [1.165, 1.54) is 21.2 Å². The average molecular weight is 301 g/mol. The van der Waals surface area contributed by atoms with Crippen molar-refractivity contribution < 1.29 is 0 Å². The Bertz CT molecular complexity index is 573. The van der Waals surface area contributed by atoms with Crippen molar-refractivity contribution >= 4 is 22.0 Å². The van der Waals surface area contributed by atoms with Crippen molar-refractivity contribution in [3.05, 3.63) is 63.7 Å². The number of halogens is 1. The molecule has 0 fully saturated rings. The van der Waals surface area contributed by atoms with E-state index in [4.69, 9.17) is 0 Å². The molecule has 0 radical (unpaired) electrons. The molecule has 0 amide bonds. The standard InChI is InChI=1S/C17H17Br/c1-17(2)10-9-13(11-16(17)18)15-8-7-12-5-3-4-6-14(12)15/h3-9,11,15H,10H2,1-2H3. The second kappa shape index (κ2) is 4.24. The van der Waals surface area contributed by atoms with E-state index in [0.717, 1.165) is 6.42 Å². The molecule has 1 unspecified atom stereocenters. The monoisotopic (exact) mass is 300 g/mol. The smallest absolute Gasteiger partial charge is 0.0275 e. The zero-order valence-electron chi connectivity index (χ0n) is 10.8. The molecule has 1 heteroatoms. The number of hydrogen-bond acceptors (Lipinski definition) is 0. The summed E-state index contributed by atoms with van der Waals surface area (Å²) in [4.78, 5) is 0. The first kappa shape index (κ1) is 12.0. The van der Waals surface area contributed by atoms with Crippen LogP contribution in [0.2, 0.25) is 0 Å². The van der Waals surface area contributed by atoms with E-state index in [0.29, 0.717) is 5.92 Å². The molecule has 1 atom stereocenters. The Hall–Kier alpha value is -1.08. The van der Waals surface area contributed by atoms with E-state index in [2.05, 4.69) is 78.3 Å². The van der Waals surface area contributed by atoms with E-state index in [9.17, 15) is 0 Å². The van der Waals surface area contributed by atoms with Crippen LogP contribution in [0.25, 0.3) is 6.08 Å². The summed E-state index contributed by atoms with van der Waals surface area (Å²) in [6.07, 6.45) is 10.3. The molecular weight excluding hydrogens is 284 g/mol. The van der Waals surface area contributed by atoms with Gasteiger partial charge in [-0.2, -0.15) is 0 Å². The predicted molar refractivity (Wildman–Crippen MR) is 81.7 cm³/mol. The topological polar surface area (TPSA) is 0 Å². The Morgan fingerprint density at radius 1 is 1.22 bits per heavy atom. The fourth-order valence-electron chi connectivity index (χ4n) is 2.63. The molecule has 1 aromatic carbocycles. The van der Waals surface area contributed by atoms with Gasteiger partial charge in [-0.3, -0.25) is 0 Å². The summed E-state index contributed by atoms with van der Waals surface area (Å²) in [5.41, 5.74) is 4.45. The molecule has 0 saturated carbocycles. The van der Waals surface area contributed by atoms with Crippen LogP contribution in [0.5, 0.6) is 0 Å². The molecule has 2 aliphatic carbocycles. The zero-order chi connectivity index (χ0) is 12.8. The number of fused-ring (bicyclic) bond motifs is 1. The van der Waals surface area contributed by atoms with Crippen LogP contribution in [-0.2, 0) is 0 Å². The third kappa shape index (κ3) is 1.91. The second-order valence-electron chi connectivity index (χ2n) is 5.75. The quantitative estimate of drug-likeness (QED) is 0.648. The van der Waals surface area contributed by atoms with E-state index in [1.54, 1.807) is 0 Å². The number of rotatable bonds is 1. The molecule has 92 valence electrons. The molecule has 0 nitrogen and oxygen atoms in total. The minimum atomic E-state index is 0.241. The van der Waals surface area contributed by atoms with Gasteiger partial charge in [0.15, 0.2) is 0 Å². The molecule has 0 N–H and O–H groups in total. The molecule has 0 spiro atoms. The van der Waals surface area contributed by atoms with Crippen molar-refractivity contribution in [1.82, 2.24) is 0 Å². The van der Waals surface area contributed by atoms with Gasteiger partial charge in [0.2, 0.25) is 0 Å². The van der Waals surface area contributed by atoms with E-state index in [-0.39, 0.29) is 5.41 Å². The first-order valence-corrected chi connectivity index (χ1v) is 7.22. The largest absolute Gasteiger partial charge is 0.0795 e. The summed E-state index contributed by atoms with van der Waals surface area (Å²) in [5.74, 6) is 0.435. The van der Waals surface area contributed by atoms with Crippen LogP contribution < -0.4 is 0 Å². The van der Waals surface area contributed by atoms with Gasteiger partial charge in [-0.1, -0.05) is 72.3 Å². The van der Waals surface area contributed by atoms with Crippen molar-refractivity contribution in [1.29, 1.82) is 0 Å². The van der Waals surface area contributed by atoms with Crippen LogP contribution >= 0.6 is 15.9 Å². The first-order valence-electron chi connectivity index (χ1n) is 6.43. The van der Waals surface area contributed by atoms with Crippen LogP contribution in [0.1, 0.15) is 37.3 Å². The van der Waals surface area contributed by atoms with Gasteiger partial charge in [0, 0.05) is 10.4 Å². The number of benzene rings is 1. The Morgan fingerprint density at radius 2 is 2.00 bits per heavy atom. The van der Waals surface area contributed by atoms with Gasteiger partial charge in [-0.15, -0.1) is 0 Å². The normalized spacial score (nSPS) is 24.5. The molecule has 0 saturated heterocycles. The lowest BCUT2D eigenvalue weighted by atomic mass is 9.80. The molecular formula is C17H17Br. The highest BCUT2D eigenvalue weighted by atomic mass is 79.9. The summed E-state index contributed by atoms with van der Waals surface area (Å²) < 4.78 is 1.31. The van der Waals surface area contributed by atoms with E-state index < -0.39 is 0 Å². The summed E-state index contributed by atoms with van der Waals surface area (Å²) in [6, 6.07) is 8.67. The maximum absolute atomic E-state index is 3.73. The maximum atomic E-state index is 3.73. The summed E-state index contributed by atoms with van der Waals surface area (Å²) in [5, 5.41) is 0. The first-order chi connectivity index (χ1) is 8.58. The van der Waals surface area contributed by atoms with Crippen molar-refractivity contribution in [3.63, 3.8) is 0 Å². The zero-order valence-corrected chi connectivity index (χ0v) is 12.4. The van der Waals surface area contributed by atoms with Gasteiger partial charge in [0.25, 0.3) is 0 Å². The Morgan fingerprint density at radius 3 is 2.78 bits per heavy atom. The van der Waals surface area contributed by atoms with Crippen molar-refractivity contribution in [2.75, 3.05) is 0 Å². The lowest BCUT2D eigenvalue weighted by Crippen LogP contribution is -2.15. The summed E-state index contributed by atoms with van der Waals surface area (Å²) in [7, 11) is 0. The molecule has 0 heterocycles. The van der Waals surface area contributed by atoms with Crippen LogP contribution in [0.15, 0.2) is 52.5 Å². The fourth-order valence-corrected chi connectivity index (χ4v) is 3.05. The SMILES string of the molecule is CC1(C)CC=C(C2C=Cc3ccccc32)C=C1Br. The number of allylic oxidation sites excluding steroid dienone is 5. The van der Waals surface area contributed by atoms with Crippen molar-refractivity contribution in [2.45, 2.75) is 26.2 Å². The molecule has 0 bridgehead atoms. The van der Waals surface area contributed by atoms with Gasteiger partial charge >= 0.3 is 0 Å². The molecule has 1 aromatic rings. The second-order valence-corrected chi connectivity index (χ2v) is 6.60. The number of hydrogen-bond donors (Lipinski definition) is 0. The highest BCUT2D eigenvalue weighted by Gasteiger charge is 2.27.